The monoisotopic (exact) mass is 478 g/mol. The molecule has 0 spiro atoms. The van der Waals surface area contributed by atoms with E-state index in [2.05, 4.69) is 71.5 Å². The van der Waals surface area contributed by atoms with Crippen molar-refractivity contribution in [1.29, 1.82) is 0 Å². The van der Waals surface area contributed by atoms with E-state index in [0.29, 0.717) is 5.92 Å². The molecule has 1 aliphatic carbocycles. The van der Waals surface area contributed by atoms with E-state index in [0.717, 1.165) is 6.42 Å². The van der Waals surface area contributed by atoms with Crippen LogP contribution >= 0.6 is 0 Å². The van der Waals surface area contributed by atoms with Crippen molar-refractivity contribution in [3.8, 4) is 0 Å². The zero-order valence-corrected chi connectivity index (χ0v) is 22.4. The van der Waals surface area contributed by atoms with Gasteiger partial charge in [-0.3, -0.25) is 6.08 Å². The van der Waals surface area contributed by atoms with Crippen molar-refractivity contribution < 1.29 is 58.9 Å². The number of benzene rings is 1. The van der Waals surface area contributed by atoms with Gasteiger partial charge in [-0.15, -0.1) is 6.42 Å². The zero-order valence-electron chi connectivity index (χ0n) is 17.6. The van der Waals surface area contributed by atoms with Crippen molar-refractivity contribution in [1.82, 2.24) is 0 Å². The van der Waals surface area contributed by atoms with Crippen LogP contribution in [0.1, 0.15) is 57.6 Å². The molecule has 5 heteroatoms. The van der Waals surface area contributed by atoms with Gasteiger partial charge in [-0.1, -0.05) is 93.1 Å². The van der Waals surface area contributed by atoms with E-state index in [1.807, 2.05) is 0 Å². The van der Waals surface area contributed by atoms with Crippen molar-refractivity contribution in [2.75, 3.05) is 0 Å². The van der Waals surface area contributed by atoms with Gasteiger partial charge in [0.15, 0.2) is 0 Å². The first kappa shape index (κ1) is 32.2. The van der Waals surface area contributed by atoms with Gasteiger partial charge in [0.1, 0.15) is 0 Å². The van der Waals surface area contributed by atoms with Crippen LogP contribution in [0.3, 0.4) is 0 Å². The van der Waals surface area contributed by atoms with E-state index in [9.17, 15) is 0 Å². The van der Waals surface area contributed by atoms with Gasteiger partial charge in [0.25, 0.3) is 0 Å². The van der Waals surface area contributed by atoms with Crippen LogP contribution < -0.4 is 42.4 Å². The first-order valence-electron chi connectivity index (χ1n) is 9.32. The quantitative estimate of drug-likeness (QED) is 0.290. The molecule has 1 aliphatic rings. The average molecular weight is 480 g/mol. The molecule has 2 unspecified atom stereocenters. The number of hydrogen-bond donors (Lipinski definition) is 0. The molecular formula is C22H33Cl3SiTi. The van der Waals surface area contributed by atoms with Crippen LogP contribution in [0.4, 0.5) is 0 Å². The van der Waals surface area contributed by atoms with Crippen molar-refractivity contribution in [2.45, 2.75) is 72.9 Å². The molecular weight excluding hydrogens is 447 g/mol. The van der Waals surface area contributed by atoms with Crippen molar-refractivity contribution >= 4 is 13.3 Å². The Hall–Kier alpha value is 0.501. The molecule has 1 aromatic rings. The fourth-order valence-electron chi connectivity index (χ4n) is 3.89. The third-order valence-electron chi connectivity index (χ3n) is 5.48. The van der Waals surface area contributed by atoms with Crippen LogP contribution in [0.15, 0.2) is 35.0 Å². The number of unbranched alkanes of at least 4 members (excludes halogenated alkanes) is 1. The topological polar surface area (TPSA) is 0 Å². The van der Waals surface area contributed by atoms with Crippen LogP contribution in [-0.4, -0.2) is 8.07 Å². The summed E-state index contributed by atoms with van der Waals surface area (Å²) in [4.78, 5) is 0. The minimum absolute atomic E-state index is 0. The molecule has 2 atom stereocenters. The largest absolute Gasteiger partial charge is 4.00 e. The maximum absolute atomic E-state index is 3.70. The SMILES string of the molecule is CCCC[Si](C)(C1=CC[C-]=C1C(C)CC)c1cc(C)cc(C)c1.[Cl-].[Cl-].[Cl-].[Ti+4]. The van der Waals surface area contributed by atoms with Crippen LogP contribution in [0.2, 0.25) is 12.6 Å². The molecule has 0 radical (unpaired) electrons. The minimum atomic E-state index is -1.66. The molecule has 0 N–H and O–H groups in total. The molecule has 0 bridgehead atoms. The van der Waals surface area contributed by atoms with E-state index in [-0.39, 0.29) is 58.9 Å². The molecule has 0 fully saturated rings. The fraction of sp³-hybridized carbons (Fsp3) is 0.545. The van der Waals surface area contributed by atoms with Crippen LogP contribution in [-0.2, 0) is 21.7 Å². The second kappa shape index (κ2) is 14.5. The molecule has 2 rings (SSSR count). The fourth-order valence-corrected chi connectivity index (χ4v) is 8.40. The van der Waals surface area contributed by atoms with Crippen LogP contribution in [0.25, 0.3) is 0 Å². The van der Waals surface area contributed by atoms with Crippen molar-refractivity contribution in [2.24, 2.45) is 5.92 Å². The van der Waals surface area contributed by atoms with Gasteiger partial charge < -0.3 is 37.2 Å². The van der Waals surface area contributed by atoms with Gasteiger partial charge in [-0.2, -0.15) is 11.3 Å². The maximum atomic E-state index is 3.70. The van der Waals surface area contributed by atoms with Gasteiger partial charge in [0.2, 0.25) is 0 Å². The van der Waals surface area contributed by atoms with Crippen LogP contribution in [0.5, 0.6) is 0 Å². The Balaban J connectivity index is -0.00000144. The second-order valence-electron chi connectivity index (χ2n) is 7.53. The van der Waals surface area contributed by atoms with Gasteiger partial charge in [-0.05, 0) is 13.8 Å². The number of aryl methyl sites for hydroxylation is 2. The summed E-state index contributed by atoms with van der Waals surface area (Å²) in [6.07, 6.45) is 11.1. The molecule has 27 heavy (non-hydrogen) atoms. The Kier molecular flexibility index (Phi) is 17.3. The summed E-state index contributed by atoms with van der Waals surface area (Å²) in [6, 6.07) is 8.59. The molecule has 0 saturated carbocycles. The molecule has 0 heterocycles. The number of allylic oxidation sites excluding steroid dienone is 4. The Morgan fingerprint density at radius 2 is 1.59 bits per heavy atom. The van der Waals surface area contributed by atoms with E-state index >= 15 is 0 Å². The Morgan fingerprint density at radius 3 is 2.07 bits per heavy atom. The summed E-state index contributed by atoms with van der Waals surface area (Å²) in [6.45, 7) is 14.1. The van der Waals surface area contributed by atoms with E-state index < -0.39 is 8.07 Å². The minimum Gasteiger partial charge on any atom is -1.00 e. The molecule has 1 aromatic carbocycles. The maximum Gasteiger partial charge on any atom is 4.00 e. The molecule has 0 saturated heterocycles. The number of rotatable bonds is 7. The summed E-state index contributed by atoms with van der Waals surface area (Å²) in [5.74, 6) is 0.642. The summed E-state index contributed by atoms with van der Waals surface area (Å²) < 4.78 is 0. The molecule has 0 amide bonds. The van der Waals surface area contributed by atoms with E-state index in [1.54, 1.807) is 10.4 Å². The predicted molar refractivity (Wildman–Crippen MR) is 106 cm³/mol. The average Bonchev–Trinajstić information content (AvgIpc) is 3.01. The second-order valence-corrected chi connectivity index (χ2v) is 11.8. The van der Waals surface area contributed by atoms with E-state index in [1.165, 1.54) is 42.0 Å². The molecule has 150 valence electrons. The van der Waals surface area contributed by atoms with E-state index in [4.69, 9.17) is 0 Å². The Bertz CT molecular complexity index is 608. The first-order chi connectivity index (χ1) is 10.9. The van der Waals surface area contributed by atoms with Gasteiger partial charge in [0.05, 0.1) is 0 Å². The van der Waals surface area contributed by atoms with Crippen molar-refractivity contribution in [3.63, 3.8) is 0 Å². The number of hydrogen-bond acceptors (Lipinski definition) is 0. The predicted octanol–water partition coefficient (Wildman–Crippen LogP) is -2.96. The first-order valence-corrected chi connectivity index (χ1v) is 12.0. The summed E-state index contributed by atoms with van der Waals surface area (Å²) in [7, 11) is -1.66. The smallest absolute Gasteiger partial charge is 1.00 e. The zero-order chi connectivity index (χ0) is 17.0. The summed E-state index contributed by atoms with van der Waals surface area (Å²) in [5, 5.41) is 3.31. The molecule has 0 nitrogen and oxygen atoms in total. The van der Waals surface area contributed by atoms with Gasteiger partial charge in [0, 0.05) is 8.07 Å². The van der Waals surface area contributed by atoms with Crippen molar-refractivity contribution in [3.05, 3.63) is 52.2 Å². The third kappa shape index (κ3) is 7.68. The van der Waals surface area contributed by atoms with Gasteiger partial charge in [-0.25, -0.2) is 5.57 Å². The number of halogens is 3. The normalized spacial score (nSPS) is 15.6. The summed E-state index contributed by atoms with van der Waals surface area (Å²) >= 11 is 0. The van der Waals surface area contributed by atoms with Crippen LogP contribution in [0, 0.1) is 25.8 Å². The molecule has 0 aliphatic heterocycles. The Labute approximate surface area is 202 Å². The Morgan fingerprint density at radius 1 is 1.04 bits per heavy atom. The standard InChI is InChI=1S/C22H33Si.3ClH.Ti/c1-7-9-13-23(6,20-15-17(3)14-18(4)16-20)22-12-10-11-21(22)19(5)8-2;;;;/h12,14-16,19H,7-10,13H2,1-6H3;3*1H;/q-1;;;;+4/p-3. The summed E-state index contributed by atoms with van der Waals surface area (Å²) in [5.41, 5.74) is 4.36. The third-order valence-corrected chi connectivity index (χ3v) is 10.1. The molecule has 0 aromatic heterocycles. The van der Waals surface area contributed by atoms with Gasteiger partial charge >= 0.3 is 21.7 Å².